The standard InChI is InChI=1S/C24H25Cl2FN2O5S/c25-15-8-16(26)10-18(9-15)33-17-2-1-7-29(13-17)34-23-12-22(27)21(11-20(23)14-3-4-14)24(30)28-35(31,32)19-5-6-19/h8-12,14,17,19H,1-7,13H2,(H,28,30)/t17-/m0/s1. The van der Waals surface area contributed by atoms with Gasteiger partial charge in [-0.2, -0.15) is 0 Å². The molecule has 2 aliphatic carbocycles. The van der Waals surface area contributed by atoms with Crippen molar-refractivity contribution in [3.63, 3.8) is 0 Å². The van der Waals surface area contributed by atoms with Crippen LogP contribution in [0.25, 0.3) is 0 Å². The molecule has 1 amide bonds. The topological polar surface area (TPSA) is 84.9 Å². The Morgan fingerprint density at radius 1 is 1.03 bits per heavy atom. The van der Waals surface area contributed by atoms with Crippen LogP contribution >= 0.6 is 23.2 Å². The van der Waals surface area contributed by atoms with Gasteiger partial charge in [0.1, 0.15) is 17.7 Å². The fourth-order valence-electron chi connectivity index (χ4n) is 4.20. The molecule has 1 aliphatic heterocycles. The minimum atomic E-state index is -3.78. The molecule has 2 aromatic carbocycles. The Morgan fingerprint density at radius 3 is 2.40 bits per heavy atom. The van der Waals surface area contributed by atoms with E-state index in [0.29, 0.717) is 53.0 Å². The Morgan fingerprint density at radius 2 is 1.74 bits per heavy atom. The van der Waals surface area contributed by atoms with Crippen molar-refractivity contribution >= 4 is 39.1 Å². The van der Waals surface area contributed by atoms with E-state index in [2.05, 4.69) is 0 Å². The molecular formula is C24H25Cl2FN2O5S. The number of amides is 1. The van der Waals surface area contributed by atoms with E-state index in [4.69, 9.17) is 32.8 Å². The van der Waals surface area contributed by atoms with Crippen molar-refractivity contribution in [1.82, 2.24) is 9.79 Å². The van der Waals surface area contributed by atoms with Gasteiger partial charge in [-0.3, -0.25) is 4.79 Å². The maximum Gasteiger partial charge on any atom is 0.267 e. The van der Waals surface area contributed by atoms with Crippen LogP contribution in [0.4, 0.5) is 4.39 Å². The summed E-state index contributed by atoms with van der Waals surface area (Å²) in [7, 11) is -3.78. The van der Waals surface area contributed by atoms with Gasteiger partial charge in [0.05, 0.1) is 17.4 Å². The molecule has 0 unspecified atom stereocenters. The average molecular weight is 543 g/mol. The van der Waals surface area contributed by atoms with Crippen molar-refractivity contribution in [2.75, 3.05) is 13.1 Å². The first-order valence-electron chi connectivity index (χ1n) is 11.6. The van der Waals surface area contributed by atoms with E-state index in [1.54, 1.807) is 23.3 Å². The van der Waals surface area contributed by atoms with Gasteiger partial charge in [-0.05, 0) is 68.7 Å². The van der Waals surface area contributed by atoms with E-state index in [0.717, 1.165) is 25.7 Å². The first-order chi connectivity index (χ1) is 16.7. The third kappa shape index (κ3) is 6.02. The van der Waals surface area contributed by atoms with Crippen LogP contribution in [-0.4, -0.2) is 43.8 Å². The maximum absolute atomic E-state index is 14.9. The Labute approximate surface area is 213 Å². The zero-order valence-corrected chi connectivity index (χ0v) is 21.1. The molecule has 0 radical (unpaired) electrons. The monoisotopic (exact) mass is 542 g/mol. The maximum atomic E-state index is 14.9. The first-order valence-corrected chi connectivity index (χ1v) is 13.9. The van der Waals surface area contributed by atoms with Crippen molar-refractivity contribution < 1.29 is 27.2 Å². The van der Waals surface area contributed by atoms with Crippen molar-refractivity contribution in [2.45, 2.75) is 55.8 Å². The van der Waals surface area contributed by atoms with Crippen LogP contribution in [0.2, 0.25) is 10.0 Å². The lowest BCUT2D eigenvalue weighted by Gasteiger charge is -2.32. The Balaban J connectivity index is 1.30. The summed E-state index contributed by atoms with van der Waals surface area (Å²) in [6.45, 7) is 1.07. The SMILES string of the molecule is O=C(NS(=O)(=O)C1CC1)c1cc(C2CC2)c(ON2CCC[C@H](Oc3cc(Cl)cc(Cl)c3)C2)cc1F. The van der Waals surface area contributed by atoms with Gasteiger partial charge >= 0.3 is 0 Å². The predicted molar refractivity (Wildman–Crippen MR) is 130 cm³/mol. The van der Waals surface area contributed by atoms with Gasteiger partial charge in [0.25, 0.3) is 5.91 Å². The minimum Gasteiger partial charge on any atom is -0.489 e. The lowest BCUT2D eigenvalue weighted by atomic mass is 10.0. The second kappa shape index (κ2) is 9.76. The van der Waals surface area contributed by atoms with Gasteiger partial charge in [0, 0.05) is 28.2 Å². The zero-order chi connectivity index (χ0) is 24.7. The van der Waals surface area contributed by atoms with Gasteiger partial charge in [0.2, 0.25) is 10.0 Å². The number of benzene rings is 2. The number of hydrogen-bond acceptors (Lipinski definition) is 6. The molecule has 2 saturated carbocycles. The van der Waals surface area contributed by atoms with Crippen LogP contribution in [0.3, 0.4) is 0 Å². The number of hydroxylamine groups is 2. The molecule has 1 atom stereocenters. The molecule has 3 fully saturated rings. The molecule has 7 nitrogen and oxygen atoms in total. The molecule has 2 aromatic rings. The number of carbonyl (C=O) groups excluding carboxylic acids is 1. The molecule has 35 heavy (non-hydrogen) atoms. The van der Waals surface area contributed by atoms with Crippen LogP contribution in [0, 0.1) is 5.82 Å². The van der Waals surface area contributed by atoms with Crippen molar-refractivity contribution in [3.05, 3.63) is 57.3 Å². The predicted octanol–water partition coefficient (Wildman–Crippen LogP) is 5.07. The van der Waals surface area contributed by atoms with Gasteiger partial charge in [-0.15, -0.1) is 5.06 Å². The van der Waals surface area contributed by atoms with Crippen molar-refractivity contribution in [2.24, 2.45) is 0 Å². The summed E-state index contributed by atoms with van der Waals surface area (Å²) in [5.74, 6) is -0.739. The van der Waals surface area contributed by atoms with Gasteiger partial charge in [0.15, 0.2) is 5.75 Å². The number of hydrogen-bond donors (Lipinski definition) is 1. The van der Waals surface area contributed by atoms with Crippen LogP contribution in [0.15, 0.2) is 30.3 Å². The number of rotatable bonds is 8. The molecule has 0 spiro atoms. The Bertz CT molecular complexity index is 1230. The highest BCUT2D eigenvalue weighted by Gasteiger charge is 2.38. The fraction of sp³-hybridized carbons (Fsp3) is 0.458. The second-order valence-corrected chi connectivity index (χ2v) is 12.1. The third-order valence-electron chi connectivity index (χ3n) is 6.27. The summed E-state index contributed by atoms with van der Waals surface area (Å²) in [5.41, 5.74) is 0.409. The van der Waals surface area contributed by atoms with E-state index in [9.17, 15) is 17.6 Å². The van der Waals surface area contributed by atoms with Gasteiger partial charge in [-0.1, -0.05) is 23.2 Å². The average Bonchev–Trinajstić information content (AvgIpc) is 3.66. The van der Waals surface area contributed by atoms with Gasteiger partial charge < -0.3 is 9.57 Å². The first kappa shape index (κ1) is 24.6. The molecule has 188 valence electrons. The van der Waals surface area contributed by atoms with E-state index < -0.39 is 27.0 Å². The summed E-state index contributed by atoms with van der Waals surface area (Å²) in [6, 6.07) is 7.62. The molecule has 3 aliphatic rings. The normalized spacial score (nSPS) is 20.9. The lowest BCUT2D eigenvalue weighted by Crippen LogP contribution is -2.43. The number of nitrogens with one attached hydrogen (secondary N) is 1. The van der Waals surface area contributed by atoms with E-state index in [1.165, 1.54) is 12.1 Å². The molecule has 1 saturated heterocycles. The molecule has 5 rings (SSSR count). The van der Waals surface area contributed by atoms with E-state index in [-0.39, 0.29) is 17.6 Å². The van der Waals surface area contributed by atoms with Crippen LogP contribution in [0.1, 0.15) is 60.4 Å². The van der Waals surface area contributed by atoms with E-state index >= 15 is 0 Å². The number of sulfonamides is 1. The number of ether oxygens (including phenoxy) is 1. The number of piperidine rings is 1. The van der Waals surface area contributed by atoms with Crippen LogP contribution in [-0.2, 0) is 10.0 Å². The van der Waals surface area contributed by atoms with Gasteiger partial charge in [-0.25, -0.2) is 17.5 Å². The number of halogens is 3. The fourth-order valence-corrected chi connectivity index (χ4v) is 5.99. The molecule has 1 heterocycles. The summed E-state index contributed by atoms with van der Waals surface area (Å²) in [6.07, 6.45) is 4.24. The molecule has 11 heteroatoms. The number of carbonyl (C=O) groups is 1. The molecule has 1 N–H and O–H groups in total. The zero-order valence-electron chi connectivity index (χ0n) is 18.8. The molecular weight excluding hydrogens is 518 g/mol. The second-order valence-electron chi connectivity index (χ2n) is 9.29. The minimum absolute atomic E-state index is 0.141. The number of nitrogens with zero attached hydrogens (tertiary/aromatic N) is 1. The van der Waals surface area contributed by atoms with E-state index in [1.807, 2.05) is 4.72 Å². The summed E-state index contributed by atoms with van der Waals surface area (Å²) in [5, 5.41) is 2.11. The quantitative estimate of drug-likeness (QED) is 0.501. The van der Waals surface area contributed by atoms with Crippen LogP contribution in [0.5, 0.6) is 11.5 Å². The summed E-state index contributed by atoms with van der Waals surface area (Å²) in [4.78, 5) is 18.6. The van der Waals surface area contributed by atoms with Crippen molar-refractivity contribution in [3.8, 4) is 11.5 Å². The summed E-state index contributed by atoms with van der Waals surface area (Å²) < 4.78 is 47.3. The molecule has 0 bridgehead atoms. The Hall–Kier alpha value is -2.07. The largest absolute Gasteiger partial charge is 0.489 e. The lowest BCUT2D eigenvalue weighted by molar-refractivity contribution is -0.101. The smallest absolute Gasteiger partial charge is 0.267 e. The Kier molecular flexibility index (Phi) is 6.87. The van der Waals surface area contributed by atoms with Crippen molar-refractivity contribution in [1.29, 1.82) is 0 Å². The third-order valence-corrected chi connectivity index (χ3v) is 8.52. The highest BCUT2D eigenvalue weighted by molar-refractivity contribution is 7.91. The highest BCUT2D eigenvalue weighted by Crippen LogP contribution is 2.45. The summed E-state index contributed by atoms with van der Waals surface area (Å²) >= 11 is 12.1. The highest BCUT2D eigenvalue weighted by atomic mass is 35.5. The molecule has 0 aromatic heterocycles. The van der Waals surface area contributed by atoms with Crippen LogP contribution < -0.4 is 14.3 Å².